The molecular weight excluding hydrogens is 272 g/mol. The van der Waals surface area contributed by atoms with Gasteiger partial charge in [0, 0.05) is 13.5 Å². The van der Waals surface area contributed by atoms with Gasteiger partial charge >= 0.3 is 0 Å². The molecule has 2 rings (SSSR count). The van der Waals surface area contributed by atoms with Gasteiger partial charge < -0.3 is 5.11 Å². The van der Waals surface area contributed by atoms with Gasteiger partial charge in [-0.3, -0.25) is 4.68 Å². The number of rotatable bonds is 3. The van der Waals surface area contributed by atoms with Crippen LogP contribution in [0.25, 0.3) is 0 Å². The van der Waals surface area contributed by atoms with E-state index in [1.54, 1.807) is 0 Å². The van der Waals surface area contributed by atoms with Crippen molar-refractivity contribution in [3.63, 3.8) is 0 Å². The van der Waals surface area contributed by atoms with E-state index in [4.69, 9.17) is 11.6 Å². The number of hydrogen-bond donors (Lipinski definition) is 1. The molecule has 0 saturated heterocycles. The summed E-state index contributed by atoms with van der Waals surface area (Å²) >= 11 is 6.41. The molecule has 0 amide bonds. The molecule has 1 aromatic heterocycles. The summed E-state index contributed by atoms with van der Waals surface area (Å²) in [6.45, 7) is 6.65. The second kappa shape index (κ2) is 5.69. The summed E-state index contributed by atoms with van der Waals surface area (Å²) in [6.07, 6.45) is 6.50. The molecule has 114 valence electrons. The van der Waals surface area contributed by atoms with Crippen LogP contribution >= 0.6 is 11.6 Å². The van der Waals surface area contributed by atoms with E-state index in [1.165, 1.54) is 6.42 Å². The first-order valence-corrected chi connectivity index (χ1v) is 8.07. The van der Waals surface area contributed by atoms with E-state index >= 15 is 0 Å². The van der Waals surface area contributed by atoms with Crippen molar-refractivity contribution < 1.29 is 5.11 Å². The van der Waals surface area contributed by atoms with Crippen LogP contribution in [-0.4, -0.2) is 20.5 Å². The predicted octanol–water partition coefficient (Wildman–Crippen LogP) is 3.90. The summed E-state index contributed by atoms with van der Waals surface area (Å²) in [5.74, 6) is 0. The third-order valence-corrected chi connectivity index (χ3v) is 5.20. The third kappa shape index (κ3) is 3.37. The van der Waals surface area contributed by atoms with Crippen molar-refractivity contribution in [2.75, 3.05) is 0 Å². The molecule has 0 bridgehead atoms. The molecule has 1 aliphatic rings. The summed E-state index contributed by atoms with van der Waals surface area (Å²) in [5, 5.41) is 16.2. The second-order valence-electron chi connectivity index (χ2n) is 7.10. The predicted molar refractivity (Wildman–Crippen MR) is 83.1 cm³/mol. The molecule has 1 unspecified atom stereocenters. The Hall–Kier alpha value is -0.540. The van der Waals surface area contributed by atoms with Gasteiger partial charge in [-0.05, 0) is 37.5 Å². The molecule has 1 saturated carbocycles. The van der Waals surface area contributed by atoms with Gasteiger partial charge in [0.05, 0.1) is 22.0 Å². The van der Waals surface area contributed by atoms with Gasteiger partial charge in [-0.2, -0.15) is 5.10 Å². The average molecular weight is 299 g/mol. The fourth-order valence-electron chi connectivity index (χ4n) is 3.22. The van der Waals surface area contributed by atoms with Gasteiger partial charge in [-0.15, -0.1) is 0 Å². The van der Waals surface area contributed by atoms with Crippen LogP contribution in [0.5, 0.6) is 0 Å². The summed E-state index contributed by atoms with van der Waals surface area (Å²) in [5.41, 5.74) is 1.62. The minimum atomic E-state index is -0.629. The molecule has 1 atom stereocenters. The lowest BCUT2D eigenvalue weighted by Gasteiger charge is -2.28. The maximum Gasteiger partial charge on any atom is 0.0850 e. The molecule has 0 spiro atoms. The molecule has 20 heavy (non-hydrogen) atoms. The molecule has 3 nitrogen and oxygen atoms in total. The zero-order chi connectivity index (χ0) is 15.0. The second-order valence-corrected chi connectivity index (χ2v) is 7.48. The van der Waals surface area contributed by atoms with Gasteiger partial charge in [0.2, 0.25) is 0 Å². The minimum absolute atomic E-state index is 0.343. The van der Waals surface area contributed by atoms with Gasteiger partial charge in [0.1, 0.15) is 0 Å². The zero-order valence-electron chi connectivity index (χ0n) is 13.2. The summed E-state index contributed by atoms with van der Waals surface area (Å²) < 4.78 is 1.84. The Balaban J connectivity index is 2.18. The average Bonchev–Trinajstić information content (AvgIpc) is 2.54. The summed E-state index contributed by atoms with van der Waals surface area (Å²) in [6, 6.07) is 0. The minimum Gasteiger partial charge on any atom is -0.389 e. The number of aliphatic hydroxyl groups is 1. The first-order valence-electron chi connectivity index (χ1n) is 7.69. The Labute approximate surface area is 127 Å². The Kier molecular flexibility index (Phi) is 4.50. The molecule has 1 fully saturated rings. The van der Waals surface area contributed by atoms with E-state index < -0.39 is 5.60 Å². The van der Waals surface area contributed by atoms with Crippen molar-refractivity contribution in [1.82, 2.24) is 9.78 Å². The topological polar surface area (TPSA) is 38.0 Å². The fourth-order valence-corrected chi connectivity index (χ4v) is 3.58. The summed E-state index contributed by atoms with van der Waals surface area (Å²) in [7, 11) is 1.92. The molecule has 4 heteroatoms. The number of hydrogen-bond acceptors (Lipinski definition) is 2. The quantitative estimate of drug-likeness (QED) is 0.860. The molecule has 0 aliphatic heterocycles. The SMILES string of the molecule is CCc1nn(C)c(CC2(O)CCCC(C)(C)CC2)c1Cl. The van der Waals surface area contributed by atoms with Crippen LogP contribution in [-0.2, 0) is 19.9 Å². The highest BCUT2D eigenvalue weighted by molar-refractivity contribution is 6.31. The van der Waals surface area contributed by atoms with Crippen LogP contribution in [0.15, 0.2) is 0 Å². The van der Waals surface area contributed by atoms with Crippen molar-refractivity contribution in [3.8, 4) is 0 Å². The standard InChI is InChI=1S/C16H27ClN2O/c1-5-12-14(17)13(19(4)18-12)11-16(20)8-6-7-15(2,3)9-10-16/h20H,5-11H2,1-4H3. The van der Waals surface area contributed by atoms with Crippen LogP contribution < -0.4 is 0 Å². The van der Waals surface area contributed by atoms with Gasteiger partial charge in [-0.25, -0.2) is 0 Å². The molecule has 1 N–H and O–H groups in total. The molecule has 0 aromatic carbocycles. The lowest BCUT2D eigenvalue weighted by Crippen LogP contribution is -2.32. The molecular formula is C16H27ClN2O. The fraction of sp³-hybridized carbons (Fsp3) is 0.812. The normalized spacial score (nSPS) is 26.5. The highest BCUT2D eigenvalue weighted by Crippen LogP contribution is 2.40. The number of nitrogens with zero attached hydrogens (tertiary/aromatic N) is 2. The van der Waals surface area contributed by atoms with E-state index in [0.29, 0.717) is 11.8 Å². The van der Waals surface area contributed by atoms with Crippen molar-refractivity contribution >= 4 is 11.6 Å². The van der Waals surface area contributed by atoms with Crippen molar-refractivity contribution in [2.45, 2.75) is 71.3 Å². The van der Waals surface area contributed by atoms with Gasteiger partial charge in [0.25, 0.3) is 0 Å². The lowest BCUT2D eigenvalue weighted by molar-refractivity contribution is 0.0209. The first-order chi connectivity index (χ1) is 9.26. The number of halogens is 1. The molecule has 0 radical (unpaired) electrons. The summed E-state index contributed by atoms with van der Waals surface area (Å²) in [4.78, 5) is 0. The van der Waals surface area contributed by atoms with Crippen LogP contribution in [0.2, 0.25) is 5.02 Å². The Morgan fingerprint density at radius 3 is 2.55 bits per heavy atom. The van der Waals surface area contributed by atoms with E-state index in [9.17, 15) is 5.11 Å². The van der Waals surface area contributed by atoms with E-state index in [2.05, 4.69) is 25.9 Å². The Bertz CT molecular complexity index is 481. The maximum atomic E-state index is 11.0. The Morgan fingerprint density at radius 2 is 1.95 bits per heavy atom. The number of aryl methyl sites for hydroxylation is 2. The molecule has 1 heterocycles. The zero-order valence-corrected chi connectivity index (χ0v) is 13.9. The smallest absolute Gasteiger partial charge is 0.0850 e. The lowest BCUT2D eigenvalue weighted by atomic mass is 9.83. The van der Waals surface area contributed by atoms with Crippen molar-refractivity contribution in [3.05, 3.63) is 16.4 Å². The maximum absolute atomic E-state index is 11.0. The highest BCUT2D eigenvalue weighted by Gasteiger charge is 2.35. The number of aromatic nitrogens is 2. The largest absolute Gasteiger partial charge is 0.389 e. The van der Waals surface area contributed by atoms with Crippen molar-refractivity contribution in [2.24, 2.45) is 12.5 Å². The van der Waals surface area contributed by atoms with Gasteiger partial charge in [0.15, 0.2) is 0 Å². The first kappa shape index (κ1) is 15.8. The monoisotopic (exact) mass is 298 g/mol. The van der Waals surface area contributed by atoms with Crippen LogP contribution in [0.4, 0.5) is 0 Å². The van der Waals surface area contributed by atoms with E-state index in [0.717, 1.165) is 48.5 Å². The van der Waals surface area contributed by atoms with E-state index in [1.807, 2.05) is 11.7 Å². The highest BCUT2D eigenvalue weighted by atomic mass is 35.5. The molecule has 1 aromatic rings. The van der Waals surface area contributed by atoms with Crippen LogP contribution in [0.1, 0.15) is 64.3 Å². The van der Waals surface area contributed by atoms with Gasteiger partial charge in [-0.1, -0.05) is 38.8 Å². The Morgan fingerprint density at radius 1 is 1.25 bits per heavy atom. The molecule has 1 aliphatic carbocycles. The van der Waals surface area contributed by atoms with E-state index in [-0.39, 0.29) is 0 Å². The third-order valence-electron chi connectivity index (χ3n) is 4.76. The van der Waals surface area contributed by atoms with Crippen LogP contribution in [0, 0.1) is 5.41 Å². The van der Waals surface area contributed by atoms with Crippen molar-refractivity contribution in [1.29, 1.82) is 0 Å². The van der Waals surface area contributed by atoms with Crippen LogP contribution in [0.3, 0.4) is 0 Å².